The van der Waals surface area contributed by atoms with Crippen molar-refractivity contribution in [1.82, 2.24) is 4.90 Å². The van der Waals surface area contributed by atoms with Crippen LogP contribution in [0, 0.1) is 23.2 Å². The molecule has 0 radical (unpaired) electrons. The summed E-state index contributed by atoms with van der Waals surface area (Å²) in [6.45, 7) is 0.686. The summed E-state index contributed by atoms with van der Waals surface area (Å²) in [6, 6.07) is 4.76. The van der Waals surface area contributed by atoms with E-state index in [2.05, 4.69) is 5.32 Å². The largest absolute Gasteiger partial charge is 0.495 e. The molecule has 2 amide bonds. The molecule has 1 heterocycles. The predicted octanol–water partition coefficient (Wildman–Crippen LogP) is 4.49. The Morgan fingerprint density at radius 3 is 2.41 bits per heavy atom. The highest BCUT2D eigenvalue weighted by atomic mass is 35.5. The second kappa shape index (κ2) is 7.19. The lowest BCUT2D eigenvalue weighted by Gasteiger charge is -2.56. The maximum Gasteiger partial charge on any atom is 0.247 e. The Labute approximate surface area is 177 Å². The van der Waals surface area contributed by atoms with Crippen molar-refractivity contribution in [2.75, 3.05) is 19.0 Å². The number of nitrogens with zero attached hydrogens (tertiary/aromatic N) is 1. The number of hydrogen-bond acceptors (Lipinski definition) is 3. The van der Waals surface area contributed by atoms with Crippen molar-refractivity contribution in [3.8, 4) is 5.75 Å². The van der Waals surface area contributed by atoms with Gasteiger partial charge in [0.2, 0.25) is 11.8 Å². The van der Waals surface area contributed by atoms with Gasteiger partial charge in [0, 0.05) is 11.6 Å². The minimum atomic E-state index is -0.404. The van der Waals surface area contributed by atoms with E-state index in [1.165, 1.54) is 19.3 Å². The average molecular weight is 417 g/mol. The van der Waals surface area contributed by atoms with Gasteiger partial charge < -0.3 is 15.0 Å². The van der Waals surface area contributed by atoms with Crippen molar-refractivity contribution in [2.45, 2.75) is 57.4 Å². The minimum absolute atomic E-state index is 0.138. The van der Waals surface area contributed by atoms with Crippen LogP contribution < -0.4 is 10.1 Å². The minimum Gasteiger partial charge on any atom is -0.495 e. The molecule has 5 nitrogen and oxygen atoms in total. The third-order valence-corrected chi connectivity index (χ3v) is 7.96. The molecule has 5 aliphatic rings. The smallest absolute Gasteiger partial charge is 0.247 e. The number of rotatable bonds is 4. The van der Waals surface area contributed by atoms with Gasteiger partial charge in [0.25, 0.3) is 0 Å². The van der Waals surface area contributed by atoms with Crippen LogP contribution in [0.4, 0.5) is 5.69 Å². The first-order valence-corrected chi connectivity index (χ1v) is 11.3. The van der Waals surface area contributed by atoms with E-state index in [-0.39, 0.29) is 17.2 Å². The summed E-state index contributed by atoms with van der Waals surface area (Å²) in [5, 5.41) is 3.50. The zero-order chi connectivity index (χ0) is 20.2. The van der Waals surface area contributed by atoms with Gasteiger partial charge in [0.15, 0.2) is 0 Å². The second-order valence-electron chi connectivity index (χ2n) is 9.69. The Kier molecular flexibility index (Phi) is 4.77. The standard InChI is InChI=1S/C23H29ClN2O3/c1-29-20-5-4-17(24)10-18(20)25-21(27)19-3-2-6-26(19)22(28)23-11-14-7-15(12-23)9-16(8-14)13-23/h4-5,10,14-16,19H,2-3,6-9,11-13H2,1H3,(H,25,27)/t14?,15?,16?,19-,23?/m1/s1. The number of hydrogen-bond donors (Lipinski definition) is 1. The molecule has 6 rings (SSSR count). The highest BCUT2D eigenvalue weighted by Gasteiger charge is 2.56. The van der Waals surface area contributed by atoms with Gasteiger partial charge in [-0.3, -0.25) is 9.59 Å². The molecule has 1 aromatic rings. The number of benzene rings is 1. The van der Waals surface area contributed by atoms with Gasteiger partial charge in [-0.25, -0.2) is 0 Å². The molecule has 5 fully saturated rings. The number of amides is 2. The first kappa shape index (κ1) is 19.2. The Balaban J connectivity index is 1.34. The summed E-state index contributed by atoms with van der Waals surface area (Å²) < 4.78 is 5.35. The lowest BCUT2D eigenvalue weighted by atomic mass is 9.49. The summed E-state index contributed by atoms with van der Waals surface area (Å²) in [6.07, 6.45) is 8.62. The molecule has 4 saturated carbocycles. The van der Waals surface area contributed by atoms with Gasteiger partial charge in [-0.15, -0.1) is 0 Å². The van der Waals surface area contributed by atoms with Crippen molar-refractivity contribution in [3.63, 3.8) is 0 Å². The number of nitrogens with one attached hydrogen (secondary N) is 1. The van der Waals surface area contributed by atoms with Crippen LogP contribution in [0.3, 0.4) is 0 Å². The van der Waals surface area contributed by atoms with Crippen LogP contribution in [-0.4, -0.2) is 36.4 Å². The molecule has 0 unspecified atom stereocenters. The van der Waals surface area contributed by atoms with Crippen molar-refractivity contribution in [2.24, 2.45) is 23.2 Å². The highest BCUT2D eigenvalue weighted by Crippen LogP contribution is 2.60. The summed E-state index contributed by atoms with van der Waals surface area (Å²) >= 11 is 6.10. The number of methoxy groups -OCH3 is 1. The molecule has 1 N–H and O–H groups in total. The van der Waals surface area contributed by atoms with E-state index in [0.29, 0.717) is 29.4 Å². The molecule has 0 spiro atoms. The molecule has 1 atom stereocenters. The van der Waals surface area contributed by atoms with Crippen LogP contribution >= 0.6 is 11.6 Å². The van der Waals surface area contributed by atoms with E-state index in [0.717, 1.165) is 43.4 Å². The summed E-state index contributed by atoms with van der Waals surface area (Å²) in [7, 11) is 1.57. The normalized spacial score (nSPS) is 35.0. The molecule has 6 heteroatoms. The monoisotopic (exact) mass is 416 g/mol. The number of halogens is 1. The fraction of sp³-hybridized carbons (Fsp3) is 0.652. The SMILES string of the molecule is COc1ccc(Cl)cc1NC(=O)[C@H]1CCCN1C(=O)C12CC3CC(CC(C3)C1)C2. The van der Waals surface area contributed by atoms with E-state index in [4.69, 9.17) is 16.3 Å². The molecule has 29 heavy (non-hydrogen) atoms. The van der Waals surface area contributed by atoms with E-state index in [1.54, 1.807) is 25.3 Å². The first-order valence-electron chi connectivity index (χ1n) is 10.9. The fourth-order valence-corrected chi connectivity index (χ4v) is 7.13. The summed E-state index contributed by atoms with van der Waals surface area (Å²) in [4.78, 5) is 28.8. The molecule has 1 saturated heterocycles. The predicted molar refractivity (Wildman–Crippen MR) is 112 cm³/mol. The van der Waals surface area contributed by atoms with E-state index in [1.807, 2.05) is 4.90 Å². The maximum absolute atomic E-state index is 13.7. The van der Waals surface area contributed by atoms with E-state index < -0.39 is 6.04 Å². The van der Waals surface area contributed by atoms with Crippen LogP contribution in [0.1, 0.15) is 51.4 Å². The van der Waals surface area contributed by atoms with Crippen molar-refractivity contribution in [3.05, 3.63) is 23.2 Å². The maximum atomic E-state index is 13.7. The number of ether oxygens (including phenoxy) is 1. The number of likely N-dealkylation sites (tertiary alicyclic amines) is 1. The number of anilines is 1. The molecule has 156 valence electrons. The van der Waals surface area contributed by atoms with E-state index in [9.17, 15) is 9.59 Å². The highest BCUT2D eigenvalue weighted by molar-refractivity contribution is 6.31. The Bertz CT molecular complexity index is 804. The molecule has 4 bridgehead atoms. The Hall–Kier alpha value is -1.75. The van der Waals surface area contributed by atoms with Gasteiger partial charge >= 0.3 is 0 Å². The fourth-order valence-electron chi connectivity index (χ4n) is 6.95. The zero-order valence-electron chi connectivity index (χ0n) is 17.0. The molecular weight excluding hydrogens is 388 g/mol. The van der Waals surface area contributed by atoms with Crippen molar-refractivity contribution < 1.29 is 14.3 Å². The molecule has 0 aromatic heterocycles. The van der Waals surface area contributed by atoms with Gasteiger partial charge in [-0.2, -0.15) is 0 Å². The van der Waals surface area contributed by atoms with Crippen LogP contribution in [0.25, 0.3) is 0 Å². The third kappa shape index (κ3) is 3.31. The zero-order valence-corrected chi connectivity index (χ0v) is 17.7. The van der Waals surface area contributed by atoms with Crippen LogP contribution in [0.2, 0.25) is 5.02 Å². The van der Waals surface area contributed by atoms with Gasteiger partial charge in [0.05, 0.1) is 18.2 Å². The number of carbonyl (C=O) groups is 2. The van der Waals surface area contributed by atoms with Gasteiger partial charge in [0.1, 0.15) is 11.8 Å². The van der Waals surface area contributed by atoms with Gasteiger partial charge in [-0.1, -0.05) is 11.6 Å². The Morgan fingerprint density at radius 2 is 1.79 bits per heavy atom. The molecule has 4 aliphatic carbocycles. The first-order chi connectivity index (χ1) is 14.0. The van der Waals surface area contributed by atoms with Crippen LogP contribution in [-0.2, 0) is 9.59 Å². The van der Waals surface area contributed by atoms with Crippen LogP contribution in [0.15, 0.2) is 18.2 Å². The van der Waals surface area contributed by atoms with E-state index >= 15 is 0 Å². The van der Waals surface area contributed by atoms with Gasteiger partial charge in [-0.05, 0) is 87.3 Å². The second-order valence-corrected chi connectivity index (χ2v) is 10.1. The number of carbonyl (C=O) groups excluding carboxylic acids is 2. The summed E-state index contributed by atoms with van der Waals surface area (Å²) in [5.74, 6) is 2.83. The quantitative estimate of drug-likeness (QED) is 0.786. The van der Waals surface area contributed by atoms with Crippen molar-refractivity contribution >= 4 is 29.1 Å². The lowest BCUT2D eigenvalue weighted by Crippen LogP contribution is -2.56. The molecular formula is C23H29ClN2O3. The molecule has 1 aliphatic heterocycles. The Morgan fingerprint density at radius 1 is 1.14 bits per heavy atom. The van der Waals surface area contributed by atoms with Crippen LogP contribution in [0.5, 0.6) is 5.75 Å². The topological polar surface area (TPSA) is 58.6 Å². The summed E-state index contributed by atoms with van der Waals surface area (Å²) in [5.41, 5.74) is 0.352. The van der Waals surface area contributed by atoms with Crippen molar-refractivity contribution in [1.29, 1.82) is 0 Å². The lowest BCUT2D eigenvalue weighted by molar-refractivity contribution is -0.160. The molecule has 1 aromatic carbocycles. The third-order valence-electron chi connectivity index (χ3n) is 7.73. The average Bonchev–Trinajstić information content (AvgIpc) is 3.16.